The highest BCUT2D eigenvalue weighted by Crippen LogP contribution is 2.60. The molecule has 0 saturated carbocycles. The molecule has 6 heteroatoms. The second kappa shape index (κ2) is 6.51. The molecule has 2 aromatic rings. The highest BCUT2D eigenvalue weighted by molar-refractivity contribution is 6.09. The van der Waals surface area contributed by atoms with Crippen LogP contribution in [0.5, 0.6) is 0 Å². The molecule has 30 heavy (non-hydrogen) atoms. The maximum absolute atomic E-state index is 13.5. The van der Waals surface area contributed by atoms with E-state index in [-0.39, 0.29) is 36.1 Å². The molecule has 0 aromatic heterocycles. The zero-order valence-electron chi connectivity index (χ0n) is 16.5. The largest absolute Gasteiger partial charge is 0.378 e. The van der Waals surface area contributed by atoms with Gasteiger partial charge < -0.3 is 9.64 Å². The van der Waals surface area contributed by atoms with Crippen molar-refractivity contribution in [2.45, 2.75) is 11.8 Å². The number of benzene rings is 2. The van der Waals surface area contributed by atoms with Crippen LogP contribution in [0.2, 0.25) is 0 Å². The van der Waals surface area contributed by atoms with Crippen LogP contribution in [-0.4, -0.2) is 60.4 Å². The van der Waals surface area contributed by atoms with Gasteiger partial charge in [0.1, 0.15) is 6.54 Å². The SMILES string of the molecule is O=C(CN1C(=O)[C@H]2C3c4ccccc4C(c4ccccc43)[C@@H]2C1=O)N1CCOCC1. The number of carbonyl (C=O) groups is 3. The molecule has 6 nitrogen and oxygen atoms in total. The Morgan fingerprint density at radius 2 is 1.23 bits per heavy atom. The molecule has 2 aliphatic heterocycles. The van der Waals surface area contributed by atoms with Crippen LogP contribution in [0.15, 0.2) is 48.5 Å². The van der Waals surface area contributed by atoms with Crippen LogP contribution in [0, 0.1) is 11.8 Å². The summed E-state index contributed by atoms with van der Waals surface area (Å²) in [5.74, 6) is -1.70. The Morgan fingerprint density at radius 1 is 0.800 bits per heavy atom. The van der Waals surface area contributed by atoms with Gasteiger partial charge in [0, 0.05) is 24.9 Å². The van der Waals surface area contributed by atoms with Crippen LogP contribution < -0.4 is 0 Å². The summed E-state index contributed by atoms with van der Waals surface area (Å²) < 4.78 is 5.31. The molecule has 3 amide bonds. The van der Waals surface area contributed by atoms with Gasteiger partial charge in [0.2, 0.25) is 17.7 Å². The van der Waals surface area contributed by atoms with Gasteiger partial charge in [-0.05, 0) is 22.3 Å². The summed E-state index contributed by atoms with van der Waals surface area (Å²) in [7, 11) is 0. The summed E-state index contributed by atoms with van der Waals surface area (Å²) in [5.41, 5.74) is 4.57. The number of carbonyl (C=O) groups excluding carboxylic acids is 3. The van der Waals surface area contributed by atoms with Crippen molar-refractivity contribution in [3.63, 3.8) is 0 Å². The van der Waals surface area contributed by atoms with E-state index in [4.69, 9.17) is 4.74 Å². The molecule has 2 atom stereocenters. The fourth-order valence-electron chi connectivity index (χ4n) is 5.94. The van der Waals surface area contributed by atoms with Crippen LogP contribution >= 0.6 is 0 Å². The third-order valence-electron chi connectivity index (χ3n) is 7.20. The number of hydrogen-bond acceptors (Lipinski definition) is 4. The Kier molecular flexibility index (Phi) is 3.87. The molecule has 2 aromatic carbocycles. The number of rotatable bonds is 2. The standard InChI is InChI=1S/C24H22N2O4/c27-18(25-9-11-30-12-10-25)13-26-23(28)21-19-14-5-1-2-6-15(14)20(22(21)24(26)29)17-8-4-3-7-16(17)19/h1-8,19-22H,9-13H2/t19?,20?,21-,22-/m0/s1. The number of hydrogen-bond donors (Lipinski definition) is 0. The monoisotopic (exact) mass is 402 g/mol. The number of nitrogens with zero attached hydrogens (tertiary/aromatic N) is 2. The van der Waals surface area contributed by atoms with Crippen molar-refractivity contribution in [2.24, 2.45) is 11.8 Å². The van der Waals surface area contributed by atoms with Gasteiger partial charge in [-0.2, -0.15) is 0 Å². The Labute approximate surface area is 174 Å². The number of amides is 3. The minimum atomic E-state index is -0.426. The molecule has 0 N–H and O–H groups in total. The van der Waals surface area contributed by atoms with Crippen molar-refractivity contribution in [1.29, 1.82) is 0 Å². The van der Waals surface area contributed by atoms with E-state index < -0.39 is 11.8 Å². The van der Waals surface area contributed by atoms with Crippen molar-refractivity contribution in [3.05, 3.63) is 70.8 Å². The fourth-order valence-corrected chi connectivity index (χ4v) is 5.94. The molecule has 2 heterocycles. The molecule has 7 rings (SSSR count). The average Bonchev–Trinajstić information content (AvgIpc) is 3.05. The first-order valence-corrected chi connectivity index (χ1v) is 10.5. The second-order valence-electron chi connectivity index (χ2n) is 8.52. The van der Waals surface area contributed by atoms with E-state index in [1.165, 1.54) is 4.90 Å². The molecule has 152 valence electrons. The van der Waals surface area contributed by atoms with Crippen LogP contribution in [0.3, 0.4) is 0 Å². The van der Waals surface area contributed by atoms with E-state index in [0.29, 0.717) is 26.3 Å². The Hall–Kier alpha value is -2.99. The minimum Gasteiger partial charge on any atom is -0.378 e. The van der Waals surface area contributed by atoms with E-state index in [1.54, 1.807) is 4.90 Å². The predicted octanol–water partition coefficient (Wildman–Crippen LogP) is 1.74. The third-order valence-corrected chi connectivity index (χ3v) is 7.20. The number of imide groups is 1. The van der Waals surface area contributed by atoms with Gasteiger partial charge in [-0.25, -0.2) is 0 Å². The summed E-state index contributed by atoms with van der Waals surface area (Å²) in [6.45, 7) is 1.83. The van der Waals surface area contributed by atoms with Gasteiger partial charge in [0.25, 0.3) is 0 Å². The lowest BCUT2D eigenvalue weighted by Gasteiger charge is -2.45. The van der Waals surface area contributed by atoms with Gasteiger partial charge in [0.15, 0.2) is 0 Å². The molecule has 2 saturated heterocycles. The molecule has 0 spiro atoms. The molecule has 0 radical (unpaired) electrons. The zero-order valence-corrected chi connectivity index (χ0v) is 16.5. The van der Waals surface area contributed by atoms with Crippen molar-refractivity contribution in [2.75, 3.05) is 32.8 Å². The first-order valence-electron chi connectivity index (χ1n) is 10.5. The molecule has 0 unspecified atom stereocenters. The second-order valence-corrected chi connectivity index (χ2v) is 8.52. The van der Waals surface area contributed by atoms with E-state index in [1.807, 2.05) is 24.3 Å². The van der Waals surface area contributed by atoms with Crippen molar-refractivity contribution >= 4 is 17.7 Å². The van der Waals surface area contributed by atoms with Gasteiger partial charge in [-0.1, -0.05) is 48.5 Å². The van der Waals surface area contributed by atoms with Crippen molar-refractivity contribution in [1.82, 2.24) is 9.80 Å². The average molecular weight is 402 g/mol. The molecule has 2 fully saturated rings. The Morgan fingerprint density at radius 3 is 1.67 bits per heavy atom. The first kappa shape index (κ1) is 17.8. The van der Waals surface area contributed by atoms with Crippen LogP contribution in [0.4, 0.5) is 0 Å². The van der Waals surface area contributed by atoms with Gasteiger partial charge in [0.05, 0.1) is 25.0 Å². The van der Waals surface area contributed by atoms with Crippen molar-refractivity contribution < 1.29 is 19.1 Å². The molecular formula is C24H22N2O4. The summed E-state index contributed by atoms with van der Waals surface area (Å²) >= 11 is 0. The highest BCUT2D eigenvalue weighted by Gasteiger charge is 2.61. The lowest BCUT2D eigenvalue weighted by atomic mass is 9.55. The molecule has 5 aliphatic rings. The molecular weight excluding hydrogens is 380 g/mol. The van der Waals surface area contributed by atoms with E-state index in [9.17, 15) is 14.4 Å². The lowest BCUT2D eigenvalue weighted by molar-refractivity contribution is -0.148. The van der Waals surface area contributed by atoms with E-state index in [2.05, 4.69) is 24.3 Å². The van der Waals surface area contributed by atoms with E-state index in [0.717, 1.165) is 22.3 Å². The zero-order chi connectivity index (χ0) is 20.4. The predicted molar refractivity (Wildman–Crippen MR) is 108 cm³/mol. The highest BCUT2D eigenvalue weighted by atomic mass is 16.5. The van der Waals surface area contributed by atoms with Crippen molar-refractivity contribution in [3.8, 4) is 0 Å². The van der Waals surface area contributed by atoms with Crippen LogP contribution in [0.1, 0.15) is 34.1 Å². The van der Waals surface area contributed by atoms with E-state index >= 15 is 0 Å². The normalized spacial score (nSPS) is 28.9. The first-order chi connectivity index (χ1) is 14.7. The summed E-state index contributed by atoms with van der Waals surface area (Å²) in [5, 5.41) is 0. The summed E-state index contributed by atoms with van der Waals surface area (Å²) in [6.07, 6.45) is 0. The van der Waals surface area contributed by atoms with Crippen LogP contribution in [-0.2, 0) is 19.1 Å². The van der Waals surface area contributed by atoms with Gasteiger partial charge in [-0.15, -0.1) is 0 Å². The maximum atomic E-state index is 13.5. The van der Waals surface area contributed by atoms with Crippen LogP contribution in [0.25, 0.3) is 0 Å². The lowest BCUT2D eigenvalue weighted by Crippen LogP contribution is -2.47. The fraction of sp³-hybridized carbons (Fsp3) is 0.375. The maximum Gasteiger partial charge on any atom is 0.242 e. The minimum absolute atomic E-state index is 0.132. The molecule has 3 aliphatic carbocycles. The quantitative estimate of drug-likeness (QED) is 0.718. The number of likely N-dealkylation sites (tertiary alicyclic amines) is 1. The Bertz CT molecular complexity index is 959. The summed E-state index contributed by atoms with van der Waals surface area (Å²) in [4.78, 5) is 42.7. The van der Waals surface area contributed by atoms with Gasteiger partial charge in [-0.3, -0.25) is 19.3 Å². The number of morpholine rings is 1. The summed E-state index contributed by atoms with van der Waals surface area (Å²) in [6, 6.07) is 16.3. The Balaban J connectivity index is 1.39. The van der Waals surface area contributed by atoms with Gasteiger partial charge >= 0.3 is 0 Å². The molecule has 2 bridgehead atoms. The smallest absolute Gasteiger partial charge is 0.242 e. The topological polar surface area (TPSA) is 66.9 Å². The number of ether oxygens (including phenoxy) is 1. The third kappa shape index (κ3) is 2.31.